The van der Waals surface area contributed by atoms with Gasteiger partial charge in [0.2, 0.25) is 5.88 Å². The third kappa shape index (κ3) is 3.28. The van der Waals surface area contributed by atoms with E-state index in [-0.39, 0.29) is 11.4 Å². The van der Waals surface area contributed by atoms with Crippen LogP contribution in [-0.4, -0.2) is 21.7 Å². The van der Waals surface area contributed by atoms with E-state index in [4.69, 9.17) is 4.74 Å². The highest BCUT2D eigenvalue weighted by Gasteiger charge is 2.39. The Morgan fingerprint density at radius 3 is 2.57 bits per heavy atom. The molecule has 0 radical (unpaired) electrons. The highest BCUT2D eigenvalue weighted by Crippen LogP contribution is 2.41. The van der Waals surface area contributed by atoms with E-state index in [1.807, 2.05) is 13.8 Å². The Morgan fingerprint density at radius 2 is 2.05 bits per heavy atom. The summed E-state index contributed by atoms with van der Waals surface area (Å²) >= 11 is 0. The molecule has 0 amide bonds. The van der Waals surface area contributed by atoms with E-state index in [0.717, 1.165) is 32.1 Å². The molecule has 1 saturated carbocycles. The normalized spacial score (nSPS) is 26.0. The van der Waals surface area contributed by atoms with Crippen LogP contribution >= 0.6 is 0 Å². The van der Waals surface area contributed by atoms with Crippen LogP contribution < -0.4 is 5.56 Å². The molecule has 0 saturated heterocycles. The highest BCUT2D eigenvalue weighted by atomic mass is 16.5. The summed E-state index contributed by atoms with van der Waals surface area (Å²) in [6, 6.07) is 0. The standard InChI is InChI=1S/C16H26N2O3/c1-4-6-12-13(19)17-15(18-14(12)20)16(21-5-2)9-7-11(3)8-10-16/h11H,4-10H2,1-3H3,(H2,17,18,19,20). The zero-order valence-corrected chi connectivity index (χ0v) is 13.2. The number of H-pyrrole nitrogens is 1. The lowest BCUT2D eigenvalue weighted by Crippen LogP contribution is -2.38. The van der Waals surface area contributed by atoms with Crippen molar-refractivity contribution >= 4 is 0 Å². The quantitative estimate of drug-likeness (QED) is 0.875. The van der Waals surface area contributed by atoms with Gasteiger partial charge in [-0.1, -0.05) is 20.3 Å². The molecule has 21 heavy (non-hydrogen) atoms. The molecule has 2 rings (SSSR count). The first-order valence-electron chi connectivity index (χ1n) is 7.99. The van der Waals surface area contributed by atoms with E-state index in [1.54, 1.807) is 0 Å². The molecule has 5 heteroatoms. The minimum Gasteiger partial charge on any atom is -0.493 e. The van der Waals surface area contributed by atoms with Gasteiger partial charge < -0.3 is 14.8 Å². The zero-order valence-electron chi connectivity index (χ0n) is 13.2. The maximum absolute atomic E-state index is 12.2. The molecule has 1 aromatic heterocycles. The maximum atomic E-state index is 12.2. The number of rotatable bonds is 5. The average molecular weight is 294 g/mol. The van der Waals surface area contributed by atoms with Gasteiger partial charge in [-0.2, -0.15) is 4.98 Å². The Morgan fingerprint density at radius 1 is 1.38 bits per heavy atom. The molecule has 1 fully saturated rings. The molecule has 1 aliphatic rings. The van der Waals surface area contributed by atoms with Gasteiger partial charge in [0.1, 0.15) is 11.4 Å². The van der Waals surface area contributed by atoms with Gasteiger partial charge in [0, 0.05) is 6.61 Å². The van der Waals surface area contributed by atoms with Crippen LogP contribution in [0.1, 0.15) is 64.3 Å². The second kappa shape index (κ2) is 6.60. The predicted molar refractivity (Wildman–Crippen MR) is 81.5 cm³/mol. The Bertz CT molecular complexity index is 531. The second-order valence-corrected chi connectivity index (χ2v) is 6.08. The zero-order chi connectivity index (χ0) is 15.5. The Balaban J connectivity index is 2.39. The fourth-order valence-corrected chi connectivity index (χ4v) is 3.13. The third-order valence-corrected chi connectivity index (χ3v) is 4.43. The van der Waals surface area contributed by atoms with Crippen molar-refractivity contribution in [3.63, 3.8) is 0 Å². The number of hydrogen-bond donors (Lipinski definition) is 2. The molecule has 1 heterocycles. The van der Waals surface area contributed by atoms with Crippen LogP contribution in [0.4, 0.5) is 0 Å². The molecular formula is C16H26N2O3. The summed E-state index contributed by atoms with van der Waals surface area (Å²) in [5.74, 6) is 1.00. The van der Waals surface area contributed by atoms with Crippen molar-refractivity contribution in [2.75, 3.05) is 6.61 Å². The number of aromatic amines is 1. The van der Waals surface area contributed by atoms with Crippen LogP contribution in [0.5, 0.6) is 5.88 Å². The van der Waals surface area contributed by atoms with Crippen molar-refractivity contribution in [1.82, 2.24) is 9.97 Å². The lowest BCUT2D eigenvalue weighted by molar-refractivity contribution is -0.0841. The Labute approximate surface area is 125 Å². The van der Waals surface area contributed by atoms with Crippen LogP contribution in [0.15, 0.2) is 4.79 Å². The van der Waals surface area contributed by atoms with Crippen LogP contribution in [0, 0.1) is 5.92 Å². The van der Waals surface area contributed by atoms with E-state index in [0.29, 0.717) is 30.3 Å². The van der Waals surface area contributed by atoms with Crippen molar-refractivity contribution < 1.29 is 9.84 Å². The van der Waals surface area contributed by atoms with Crippen molar-refractivity contribution in [2.45, 2.75) is 64.9 Å². The van der Waals surface area contributed by atoms with E-state index in [9.17, 15) is 9.90 Å². The van der Waals surface area contributed by atoms with Crippen LogP contribution in [0.2, 0.25) is 0 Å². The topological polar surface area (TPSA) is 75.2 Å². The summed E-state index contributed by atoms with van der Waals surface area (Å²) in [5, 5.41) is 10.1. The number of nitrogens with zero attached hydrogens (tertiary/aromatic N) is 1. The maximum Gasteiger partial charge on any atom is 0.258 e. The first-order chi connectivity index (χ1) is 10.0. The minimum atomic E-state index is -0.553. The molecule has 118 valence electrons. The number of nitrogens with one attached hydrogen (secondary N) is 1. The van der Waals surface area contributed by atoms with Crippen LogP contribution in [-0.2, 0) is 16.8 Å². The van der Waals surface area contributed by atoms with Gasteiger partial charge in [0.15, 0.2) is 0 Å². The Hall–Kier alpha value is -1.36. The fraction of sp³-hybridized carbons (Fsp3) is 0.750. The molecule has 2 N–H and O–H groups in total. The van der Waals surface area contributed by atoms with Gasteiger partial charge in [0.05, 0.1) is 5.56 Å². The molecule has 0 bridgehead atoms. The smallest absolute Gasteiger partial charge is 0.258 e. The molecule has 1 aliphatic carbocycles. The van der Waals surface area contributed by atoms with Gasteiger partial charge in [-0.05, 0) is 44.9 Å². The summed E-state index contributed by atoms with van der Waals surface area (Å²) in [5.41, 5.74) is -0.419. The van der Waals surface area contributed by atoms with Gasteiger partial charge in [-0.15, -0.1) is 0 Å². The number of aromatic hydroxyl groups is 1. The number of aromatic nitrogens is 2. The first-order valence-corrected chi connectivity index (χ1v) is 7.99. The summed E-state index contributed by atoms with van der Waals surface area (Å²) in [6.45, 7) is 6.71. The van der Waals surface area contributed by atoms with Crippen LogP contribution in [0.25, 0.3) is 0 Å². The summed E-state index contributed by atoms with van der Waals surface area (Å²) < 4.78 is 5.97. The summed E-state index contributed by atoms with van der Waals surface area (Å²) in [7, 11) is 0. The van der Waals surface area contributed by atoms with Gasteiger partial charge in [-0.3, -0.25) is 4.79 Å². The fourth-order valence-electron chi connectivity index (χ4n) is 3.13. The van der Waals surface area contributed by atoms with Crippen LogP contribution in [0.3, 0.4) is 0 Å². The van der Waals surface area contributed by atoms with Gasteiger partial charge in [-0.25, -0.2) is 0 Å². The minimum absolute atomic E-state index is 0.145. The van der Waals surface area contributed by atoms with E-state index in [1.165, 1.54) is 0 Å². The summed E-state index contributed by atoms with van der Waals surface area (Å²) in [6.07, 6.45) is 5.08. The van der Waals surface area contributed by atoms with Crippen molar-refractivity contribution in [3.05, 3.63) is 21.7 Å². The molecule has 0 aliphatic heterocycles. The largest absolute Gasteiger partial charge is 0.493 e. The van der Waals surface area contributed by atoms with Gasteiger partial charge in [0.25, 0.3) is 5.56 Å². The first kappa shape index (κ1) is 16.0. The van der Waals surface area contributed by atoms with Gasteiger partial charge >= 0.3 is 0 Å². The SMILES string of the molecule is CCCc1c(O)nc(C2(OCC)CCC(C)CC2)[nH]c1=O. The van der Waals surface area contributed by atoms with E-state index >= 15 is 0 Å². The molecule has 0 aromatic carbocycles. The predicted octanol–water partition coefficient (Wildman–Crippen LogP) is 2.87. The second-order valence-electron chi connectivity index (χ2n) is 6.08. The molecule has 0 unspecified atom stereocenters. The third-order valence-electron chi connectivity index (χ3n) is 4.43. The molecule has 5 nitrogen and oxygen atoms in total. The lowest BCUT2D eigenvalue weighted by Gasteiger charge is -2.38. The molecular weight excluding hydrogens is 268 g/mol. The Kier molecular flexibility index (Phi) is 5.04. The van der Waals surface area contributed by atoms with E-state index < -0.39 is 5.60 Å². The summed E-state index contributed by atoms with van der Waals surface area (Å²) in [4.78, 5) is 19.3. The molecule has 0 spiro atoms. The monoisotopic (exact) mass is 294 g/mol. The lowest BCUT2D eigenvalue weighted by atomic mass is 9.79. The van der Waals surface area contributed by atoms with Crippen molar-refractivity contribution in [3.8, 4) is 5.88 Å². The number of ether oxygens (including phenoxy) is 1. The number of hydrogen-bond acceptors (Lipinski definition) is 4. The highest BCUT2D eigenvalue weighted by molar-refractivity contribution is 5.24. The van der Waals surface area contributed by atoms with Crippen molar-refractivity contribution in [1.29, 1.82) is 0 Å². The average Bonchev–Trinajstić information content (AvgIpc) is 2.45. The van der Waals surface area contributed by atoms with E-state index in [2.05, 4.69) is 16.9 Å². The molecule has 1 aromatic rings. The van der Waals surface area contributed by atoms with Crippen molar-refractivity contribution in [2.24, 2.45) is 5.92 Å². The molecule has 0 atom stereocenters.